The summed E-state index contributed by atoms with van der Waals surface area (Å²) in [4.78, 5) is 16.5. The minimum Gasteiger partial charge on any atom is -0.494 e. The maximum Gasteiger partial charge on any atom is 0.259 e. The molecular formula is C15H20Cl2N2O3. The first kappa shape index (κ1) is 17.3. The third-order valence-electron chi connectivity index (χ3n) is 3.64. The summed E-state index contributed by atoms with van der Waals surface area (Å²) in [5.41, 5.74) is 0.281. The largest absolute Gasteiger partial charge is 0.494 e. The Hall–Kier alpha value is -1.01. The summed E-state index contributed by atoms with van der Waals surface area (Å²) in [6.07, 6.45) is -0.0170. The van der Waals surface area contributed by atoms with Crippen LogP contribution in [0.5, 0.6) is 5.75 Å². The lowest BCUT2D eigenvalue weighted by Crippen LogP contribution is -2.46. The van der Waals surface area contributed by atoms with Crippen LogP contribution in [0.1, 0.15) is 10.4 Å². The summed E-state index contributed by atoms with van der Waals surface area (Å²) in [6.45, 7) is 2.85. The van der Waals surface area contributed by atoms with Gasteiger partial charge in [0, 0.05) is 26.7 Å². The Labute approximate surface area is 140 Å². The molecule has 1 unspecified atom stereocenters. The van der Waals surface area contributed by atoms with E-state index in [4.69, 9.17) is 32.7 Å². The average molecular weight is 347 g/mol. The van der Waals surface area contributed by atoms with E-state index in [1.165, 1.54) is 7.11 Å². The second-order valence-corrected chi connectivity index (χ2v) is 6.19. The van der Waals surface area contributed by atoms with Crippen LogP contribution in [-0.4, -0.2) is 69.3 Å². The first-order valence-corrected chi connectivity index (χ1v) is 7.77. The fourth-order valence-corrected chi connectivity index (χ4v) is 2.95. The number of morpholine rings is 1. The highest BCUT2D eigenvalue weighted by Crippen LogP contribution is 2.34. The van der Waals surface area contributed by atoms with Gasteiger partial charge in [0.15, 0.2) is 5.75 Å². The van der Waals surface area contributed by atoms with Crippen molar-refractivity contribution in [2.75, 3.05) is 47.4 Å². The molecule has 22 heavy (non-hydrogen) atoms. The molecule has 1 aliphatic heterocycles. The van der Waals surface area contributed by atoms with Gasteiger partial charge < -0.3 is 19.3 Å². The summed E-state index contributed by atoms with van der Waals surface area (Å²) in [6, 6.07) is 3.21. The summed E-state index contributed by atoms with van der Waals surface area (Å²) in [7, 11) is 5.22. The highest BCUT2D eigenvalue weighted by molar-refractivity contribution is 6.37. The number of halogens is 2. The van der Waals surface area contributed by atoms with E-state index in [1.807, 2.05) is 7.05 Å². The molecule has 1 saturated heterocycles. The molecule has 1 aromatic carbocycles. The summed E-state index contributed by atoms with van der Waals surface area (Å²) in [5.74, 6) is 0.0638. The molecule has 122 valence electrons. The van der Waals surface area contributed by atoms with Crippen molar-refractivity contribution in [3.8, 4) is 5.75 Å². The first-order valence-electron chi connectivity index (χ1n) is 7.01. The van der Waals surface area contributed by atoms with Gasteiger partial charge in [0.2, 0.25) is 0 Å². The molecule has 0 aromatic heterocycles. The Balaban J connectivity index is 2.15. The van der Waals surface area contributed by atoms with Crippen LogP contribution in [0.25, 0.3) is 0 Å². The Bertz CT molecular complexity index is 554. The van der Waals surface area contributed by atoms with Crippen molar-refractivity contribution in [3.05, 3.63) is 27.7 Å². The number of ether oxygens (including phenoxy) is 2. The predicted octanol–water partition coefficient (Wildman–Crippen LogP) is 2.40. The average Bonchev–Trinajstić information content (AvgIpc) is 2.48. The Morgan fingerprint density at radius 2 is 2.14 bits per heavy atom. The molecule has 1 aliphatic rings. The molecule has 0 spiro atoms. The maximum absolute atomic E-state index is 12.7. The molecule has 0 radical (unpaired) electrons. The number of carbonyl (C=O) groups is 1. The van der Waals surface area contributed by atoms with E-state index in [1.54, 1.807) is 24.1 Å². The van der Waals surface area contributed by atoms with E-state index in [-0.39, 0.29) is 17.6 Å². The van der Waals surface area contributed by atoms with Crippen molar-refractivity contribution in [2.45, 2.75) is 6.10 Å². The van der Waals surface area contributed by atoms with Gasteiger partial charge in [0.05, 0.1) is 29.9 Å². The van der Waals surface area contributed by atoms with E-state index >= 15 is 0 Å². The minimum absolute atomic E-state index is 0.0170. The van der Waals surface area contributed by atoms with E-state index < -0.39 is 0 Å². The van der Waals surface area contributed by atoms with E-state index in [9.17, 15) is 4.79 Å². The fourth-order valence-electron chi connectivity index (χ4n) is 2.49. The molecule has 1 aromatic rings. The molecule has 1 fully saturated rings. The van der Waals surface area contributed by atoms with Crippen LogP contribution < -0.4 is 4.74 Å². The van der Waals surface area contributed by atoms with E-state index in [2.05, 4.69) is 4.90 Å². The van der Waals surface area contributed by atoms with Crippen molar-refractivity contribution in [1.29, 1.82) is 0 Å². The van der Waals surface area contributed by atoms with Crippen LogP contribution in [0, 0.1) is 0 Å². The van der Waals surface area contributed by atoms with Gasteiger partial charge >= 0.3 is 0 Å². The molecular weight excluding hydrogens is 327 g/mol. The SMILES string of the molecule is COc1c(Cl)ccc(Cl)c1C(=O)N(C)CC1CN(C)CCO1. The zero-order valence-corrected chi connectivity index (χ0v) is 14.4. The molecule has 1 amide bonds. The third kappa shape index (κ3) is 3.84. The lowest BCUT2D eigenvalue weighted by Gasteiger charge is -2.32. The van der Waals surface area contributed by atoms with Gasteiger partial charge in [-0.25, -0.2) is 0 Å². The predicted molar refractivity (Wildman–Crippen MR) is 87.2 cm³/mol. The Kier molecular flexibility index (Phi) is 5.92. The second kappa shape index (κ2) is 7.51. The molecule has 2 rings (SSSR count). The van der Waals surface area contributed by atoms with Crippen LogP contribution in [0.2, 0.25) is 10.0 Å². The molecule has 1 heterocycles. The number of methoxy groups -OCH3 is 1. The van der Waals surface area contributed by atoms with Crippen LogP contribution in [0.15, 0.2) is 12.1 Å². The topological polar surface area (TPSA) is 42.0 Å². The van der Waals surface area contributed by atoms with Gasteiger partial charge in [-0.15, -0.1) is 0 Å². The molecule has 0 bridgehead atoms. The quantitative estimate of drug-likeness (QED) is 0.839. The summed E-state index contributed by atoms with van der Waals surface area (Å²) in [5, 5.41) is 0.678. The number of likely N-dealkylation sites (N-methyl/N-ethyl adjacent to an activating group) is 2. The van der Waals surface area contributed by atoms with Crippen LogP contribution >= 0.6 is 23.2 Å². The second-order valence-electron chi connectivity index (χ2n) is 5.38. The van der Waals surface area contributed by atoms with Crippen LogP contribution in [0.3, 0.4) is 0 Å². The first-order chi connectivity index (χ1) is 10.4. The molecule has 5 nitrogen and oxygen atoms in total. The number of rotatable bonds is 4. The lowest BCUT2D eigenvalue weighted by atomic mass is 10.1. The fraction of sp³-hybridized carbons (Fsp3) is 0.533. The highest BCUT2D eigenvalue weighted by Gasteiger charge is 2.26. The number of nitrogens with zero attached hydrogens (tertiary/aromatic N) is 2. The van der Waals surface area contributed by atoms with Gasteiger partial charge in [0.1, 0.15) is 5.56 Å². The van der Waals surface area contributed by atoms with E-state index in [0.717, 1.165) is 13.1 Å². The number of benzene rings is 1. The van der Waals surface area contributed by atoms with Crippen LogP contribution in [-0.2, 0) is 4.74 Å². The molecule has 0 saturated carbocycles. The Morgan fingerprint density at radius 3 is 2.77 bits per heavy atom. The van der Waals surface area contributed by atoms with Gasteiger partial charge in [-0.2, -0.15) is 0 Å². The monoisotopic (exact) mass is 346 g/mol. The van der Waals surface area contributed by atoms with Gasteiger partial charge in [-0.3, -0.25) is 4.79 Å². The summed E-state index contributed by atoms with van der Waals surface area (Å²) < 4.78 is 10.9. The van der Waals surface area contributed by atoms with Crippen molar-refractivity contribution in [2.24, 2.45) is 0 Å². The van der Waals surface area contributed by atoms with Gasteiger partial charge in [-0.1, -0.05) is 23.2 Å². The lowest BCUT2D eigenvalue weighted by molar-refractivity contribution is -0.0301. The van der Waals surface area contributed by atoms with Crippen molar-refractivity contribution in [1.82, 2.24) is 9.80 Å². The van der Waals surface area contributed by atoms with Crippen molar-refractivity contribution >= 4 is 29.1 Å². The third-order valence-corrected chi connectivity index (χ3v) is 4.26. The number of amides is 1. The molecule has 7 heteroatoms. The molecule has 0 N–H and O–H groups in total. The number of carbonyl (C=O) groups excluding carboxylic acids is 1. The summed E-state index contributed by atoms with van der Waals surface area (Å²) >= 11 is 12.2. The van der Waals surface area contributed by atoms with Crippen LogP contribution in [0.4, 0.5) is 0 Å². The highest BCUT2D eigenvalue weighted by atomic mass is 35.5. The zero-order valence-electron chi connectivity index (χ0n) is 12.9. The minimum atomic E-state index is -0.235. The van der Waals surface area contributed by atoms with Crippen molar-refractivity contribution < 1.29 is 14.3 Å². The standard InChI is InChI=1S/C15H20Cl2N2O3/c1-18-6-7-22-10(8-18)9-19(2)15(20)13-11(16)4-5-12(17)14(13)21-3/h4-5,10H,6-9H2,1-3H3. The smallest absolute Gasteiger partial charge is 0.259 e. The number of hydrogen-bond donors (Lipinski definition) is 0. The normalized spacial score (nSPS) is 19.0. The number of hydrogen-bond acceptors (Lipinski definition) is 4. The van der Waals surface area contributed by atoms with Crippen molar-refractivity contribution in [3.63, 3.8) is 0 Å². The maximum atomic E-state index is 12.7. The zero-order chi connectivity index (χ0) is 16.3. The Morgan fingerprint density at radius 1 is 1.45 bits per heavy atom. The van der Waals surface area contributed by atoms with Gasteiger partial charge in [-0.05, 0) is 19.2 Å². The molecule has 1 atom stereocenters. The molecule has 0 aliphatic carbocycles. The van der Waals surface area contributed by atoms with Gasteiger partial charge in [0.25, 0.3) is 5.91 Å². The van der Waals surface area contributed by atoms with E-state index in [0.29, 0.717) is 28.9 Å².